The summed E-state index contributed by atoms with van der Waals surface area (Å²) in [6, 6.07) is 13.6. The van der Waals surface area contributed by atoms with Gasteiger partial charge in [-0.2, -0.15) is 0 Å². The van der Waals surface area contributed by atoms with Gasteiger partial charge in [-0.05, 0) is 76.4 Å². The highest BCUT2D eigenvalue weighted by Crippen LogP contribution is 2.28. The van der Waals surface area contributed by atoms with Gasteiger partial charge in [0.05, 0.1) is 17.7 Å². The average molecular weight is 431 g/mol. The van der Waals surface area contributed by atoms with Gasteiger partial charge in [0.1, 0.15) is 12.3 Å². The minimum Gasteiger partial charge on any atom is -0.497 e. The Morgan fingerprint density at radius 3 is 2.13 bits per heavy atom. The second-order valence-electron chi connectivity index (χ2n) is 7.95. The Balaban J connectivity index is 1.98. The first kappa shape index (κ1) is 22.2. The molecule has 1 saturated heterocycles. The Labute approximate surface area is 179 Å². The first-order valence-electron chi connectivity index (χ1n) is 10.3. The summed E-state index contributed by atoms with van der Waals surface area (Å²) in [5.74, 6) is 0.442. The summed E-state index contributed by atoms with van der Waals surface area (Å²) in [6.07, 6.45) is 2.95. The summed E-state index contributed by atoms with van der Waals surface area (Å²) in [4.78, 5) is 15.3. The predicted molar refractivity (Wildman–Crippen MR) is 118 cm³/mol. The van der Waals surface area contributed by atoms with Crippen molar-refractivity contribution in [1.29, 1.82) is 0 Å². The molecular weight excluding hydrogens is 400 g/mol. The molecule has 0 aliphatic carbocycles. The number of anilines is 1. The molecule has 0 bridgehead atoms. The summed E-state index contributed by atoms with van der Waals surface area (Å²) in [7, 11) is -2.36. The van der Waals surface area contributed by atoms with Crippen molar-refractivity contribution in [2.75, 3.05) is 18.0 Å². The number of rotatable bonds is 6. The fourth-order valence-corrected chi connectivity index (χ4v) is 5.43. The third-order valence-electron chi connectivity index (χ3n) is 5.73. The molecule has 30 heavy (non-hydrogen) atoms. The standard InChI is InChI=1S/C23H30N2O4S/c1-17-8-14-22(15-9-17)30(27,28)24(20-10-12-21(29-4)13-11-20)16-23(26)25-18(2)6-5-7-19(25)3/h8-15,18-19H,5-7,16H2,1-4H3. The molecule has 0 saturated carbocycles. The zero-order valence-electron chi connectivity index (χ0n) is 18.0. The largest absolute Gasteiger partial charge is 0.497 e. The van der Waals surface area contributed by atoms with Gasteiger partial charge in [0.25, 0.3) is 10.0 Å². The quantitative estimate of drug-likeness (QED) is 0.695. The number of methoxy groups -OCH3 is 1. The molecule has 0 spiro atoms. The molecule has 7 heteroatoms. The maximum absolute atomic E-state index is 13.5. The van der Waals surface area contributed by atoms with Crippen molar-refractivity contribution >= 4 is 21.6 Å². The minimum absolute atomic E-state index is 0.0982. The van der Waals surface area contributed by atoms with Crippen molar-refractivity contribution in [3.05, 3.63) is 54.1 Å². The van der Waals surface area contributed by atoms with Crippen LogP contribution in [0.4, 0.5) is 5.69 Å². The number of nitrogens with zero attached hydrogens (tertiary/aromatic N) is 2. The molecule has 1 fully saturated rings. The molecule has 1 aliphatic heterocycles. The van der Waals surface area contributed by atoms with E-state index in [1.54, 1.807) is 55.6 Å². The van der Waals surface area contributed by atoms with Crippen LogP contribution in [0.1, 0.15) is 38.7 Å². The van der Waals surface area contributed by atoms with Crippen LogP contribution in [0.2, 0.25) is 0 Å². The van der Waals surface area contributed by atoms with Crippen molar-refractivity contribution in [3.63, 3.8) is 0 Å². The van der Waals surface area contributed by atoms with Gasteiger partial charge in [0.2, 0.25) is 5.91 Å². The third-order valence-corrected chi connectivity index (χ3v) is 7.52. The number of piperidine rings is 1. The molecule has 162 valence electrons. The van der Waals surface area contributed by atoms with Gasteiger partial charge in [-0.3, -0.25) is 9.10 Å². The second-order valence-corrected chi connectivity index (χ2v) is 9.82. The molecule has 1 aliphatic rings. The molecule has 0 N–H and O–H groups in total. The Bertz CT molecular complexity index is 961. The maximum Gasteiger partial charge on any atom is 0.264 e. The van der Waals surface area contributed by atoms with Gasteiger partial charge in [0, 0.05) is 12.1 Å². The van der Waals surface area contributed by atoms with E-state index in [-0.39, 0.29) is 29.4 Å². The van der Waals surface area contributed by atoms with Gasteiger partial charge >= 0.3 is 0 Å². The van der Waals surface area contributed by atoms with Gasteiger partial charge in [-0.15, -0.1) is 0 Å². The predicted octanol–water partition coefficient (Wildman–Crippen LogP) is 3.99. The second kappa shape index (κ2) is 9.08. The minimum atomic E-state index is -3.91. The Morgan fingerprint density at radius 1 is 1.03 bits per heavy atom. The van der Waals surface area contributed by atoms with Crippen LogP contribution in [0.3, 0.4) is 0 Å². The molecule has 1 amide bonds. The molecule has 6 nitrogen and oxygen atoms in total. The zero-order chi connectivity index (χ0) is 21.9. The number of carbonyl (C=O) groups is 1. The SMILES string of the molecule is COc1ccc(N(CC(=O)N2C(C)CCCC2C)S(=O)(=O)c2ccc(C)cc2)cc1. The molecule has 2 unspecified atom stereocenters. The van der Waals surface area contributed by atoms with E-state index in [2.05, 4.69) is 0 Å². The summed E-state index contributed by atoms with van der Waals surface area (Å²) in [5.41, 5.74) is 1.40. The van der Waals surface area contributed by atoms with E-state index in [9.17, 15) is 13.2 Å². The highest BCUT2D eigenvalue weighted by atomic mass is 32.2. The van der Waals surface area contributed by atoms with Crippen LogP contribution >= 0.6 is 0 Å². The maximum atomic E-state index is 13.5. The van der Waals surface area contributed by atoms with E-state index >= 15 is 0 Å². The lowest BCUT2D eigenvalue weighted by Gasteiger charge is -2.40. The summed E-state index contributed by atoms with van der Waals surface area (Å²) < 4.78 is 33.4. The number of sulfonamides is 1. The number of hydrogen-bond donors (Lipinski definition) is 0. The first-order chi connectivity index (χ1) is 14.2. The van der Waals surface area contributed by atoms with Crippen molar-refractivity contribution in [3.8, 4) is 5.75 Å². The van der Waals surface area contributed by atoms with Crippen LogP contribution in [-0.2, 0) is 14.8 Å². The zero-order valence-corrected chi connectivity index (χ0v) is 18.9. The third kappa shape index (κ3) is 4.61. The van der Waals surface area contributed by atoms with Crippen LogP contribution in [0.25, 0.3) is 0 Å². The summed E-state index contributed by atoms with van der Waals surface area (Å²) >= 11 is 0. The molecule has 2 aromatic rings. The van der Waals surface area contributed by atoms with E-state index in [1.807, 2.05) is 25.7 Å². The number of ether oxygens (including phenoxy) is 1. The molecular formula is C23H30N2O4S. The number of likely N-dealkylation sites (tertiary alicyclic amines) is 1. The van der Waals surface area contributed by atoms with E-state index in [1.165, 1.54) is 4.31 Å². The fourth-order valence-electron chi connectivity index (χ4n) is 4.02. The number of aryl methyl sites for hydroxylation is 1. The Kier molecular flexibility index (Phi) is 6.71. The van der Waals surface area contributed by atoms with Crippen LogP contribution in [0, 0.1) is 6.92 Å². The average Bonchev–Trinajstić information content (AvgIpc) is 2.72. The molecule has 3 rings (SSSR count). The van der Waals surface area contributed by atoms with E-state index in [0.29, 0.717) is 11.4 Å². The Hall–Kier alpha value is -2.54. The van der Waals surface area contributed by atoms with Gasteiger partial charge < -0.3 is 9.64 Å². The number of amides is 1. The first-order valence-corrected chi connectivity index (χ1v) is 11.7. The lowest BCUT2D eigenvalue weighted by Crippen LogP contribution is -2.52. The summed E-state index contributed by atoms with van der Waals surface area (Å²) in [5, 5.41) is 0. The summed E-state index contributed by atoms with van der Waals surface area (Å²) in [6.45, 7) is 5.72. The number of benzene rings is 2. The van der Waals surface area contributed by atoms with Gasteiger partial charge in [-0.25, -0.2) is 8.42 Å². The van der Waals surface area contributed by atoms with Crippen LogP contribution in [0.5, 0.6) is 5.75 Å². The smallest absolute Gasteiger partial charge is 0.264 e. The lowest BCUT2D eigenvalue weighted by atomic mass is 9.97. The fraction of sp³-hybridized carbons (Fsp3) is 0.435. The highest BCUT2D eigenvalue weighted by Gasteiger charge is 2.33. The van der Waals surface area contributed by atoms with E-state index < -0.39 is 10.0 Å². The van der Waals surface area contributed by atoms with Crippen molar-refractivity contribution in [2.45, 2.75) is 57.0 Å². The topological polar surface area (TPSA) is 66.9 Å². The molecule has 0 aromatic heterocycles. The van der Waals surface area contributed by atoms with Crippen LogP contribution in [-0.4, -0.2) is 45.0 Å². The molecule has 0 radical (unpaired) electrons. The van der Waals surface area contributed by atoms with Crippen LogP contribution < -0.4 is 9.04 Å². The van der Waals surface area contributed by atoms with E-state index in [4.69, 9.17) is 4.74 Å². The van der Waals surface area contributed by atoms with Crippen molar-refractivity contribution < 1.29 is 17.9 Å². The van der Waals surface area contributed by atoms with E-state index in [0.717, 1.165) is 24.8 Å². The molecule has 2 atom stereocenters. The lowest BCUT2D eigenvalue weighted by molar-refractivity contribution is -0.135. The number of carbonyl (C=O) groups excluding carboxylic acids is 1. The van der Waals surface area contributed by atoms with Gasteiger partial charge in [0.15, 0.2) is 0 Å². The molecule has 1 heterocycles. The number of hydrogen-bond acceptors (Lipinski definition) is 4. The Morgan fingerprint density at radius 2 is 1.60 bits per heavy atom. The van der Waals surface area contributed by atoms with Crippen LogP contribution in [0.15, 0.2) is 53.4 Å². The van der Waals surface area contributed by atoms with Crippen molar-refractivity contribution in [2.24, 2.45) is 0 Å². The normalized spacial score (nSPS) is 19.4. The highest BCUT2D eigenvalue weighted by molar-refractivity contribution is 7.92. The van der Waals surface area contributed by atoms with Gasteiger partial charge in [-0.1, -0.05) is 17.7 Å². The molecule has 2 aromatic carbocycles. The monoisotopic (exact) mass is 430 g/mol. The van der Waals surface area contributed by atoms with Crippen molar-refractivity contribution in [1.82, 2.24) is 4.90 Å².